The molecule has 1 aliphatic carbocycles. The van der Waals surface area contributed by atoms with Gasteiger partial charge >= 0.3 is 0 Å². The van der Waals surface area contributed by atoms with Crippen molar-refractivity contribution in [1.82, 2.24) is 5.32 Å². The molecule has 17 heavy (non-hydrogen) atoms. The maximum atomic E-state index is 3.59. The van der Waals surface area contributed by atoms with Gasteiger partial charge in [-0.25, -0.2) is 0 Å². The van der Waals surface area contributed by atoms with Gasteiger partial charge in [0.05, 0.1) is 0 Å². The molecule has 1 saturated carbocycles. The average Bonchev–Trinajstić information content (AvgIpc) is 2.72. The molecule has 1 heteroatoms. The Morgan fingerprint density at radius 3 is 2.53 bits per heavy atom. The van der Waals surface area contributed by atoms with Crippen LogP contribution in [0.25, 0.3) is 0 Å². The van der Waals surface area contributed by atoms with E-state index in [1.54, 1.807) is 5.56 Å². The third kappa shape index (κ3) is 3.10. The molecule has 1 fully saturated rings. The Balaban J connectivity index is 1.98. The van der Waals surface area contributed by atoms with E-state index in [4.69, 9.17) is 0 Å². The lowest BCUT2D eigenvalue weighted by Crippen LogP contribution is -2.26. The molecular weight excluding hydrogens is 206 g/mol. The number of hydrogen-bond donors (Lipinski definition) is 1. The van der Waals surface area contributed by atoms with E-state index in [1.165, 1.54) is 36.8 Å². The summed E-state index contributed by atoms with van der Waals surface area (Å²) in [7, 11) is 0. The summed E-state index contributed by atoms with van der Waals surface area (Å²) in [6, 6.07) is 7.44. The van der Waals surface area contributed by atoms with E-state index < -0.39 is 0 Å². The molecule has 1 aliphatic rings. The van der Waals surface area contributed by atoms with Crippen LogP contribution in [0.15, 0.2) is 18.2 Å². The molecule has 0 aliphatic heterocycles. The zero-order valence-corrected chi connectivity index (χ0v) is 11.4. The zero-order chi connectivity index (χ0) is 12.3. The normalized spacial score (nSPS) is 24.2. The molecule has 0 radical (unpaired) electrons. The van der Waals surface area contributed by atoms with Crippen LogP contribution in [0.2, 0.25) is 0 Å². The molecule has 1 nitrogen and oxygen atoms in total. The molecule has 94 valence electrons. The Morgan fingerprint density at radius 2 is 1.88 bits per heavy atom. The van der Waals surface area contributed by atoms with Gasteiger partial charge in [0, 0.05) is 6.04 Å². The van der Waals surface area contributed by atoms with Crippen LogP contribution in [-0.2, 0) is 6.42 Å². The molecule has 0 spiro atoms. The van der Waals surface area contributed by atoms with Crippen molar-refractivity contribution in [1.29, 1.82) is 0 Å². The first kappa shape index (κ1) is 12.6. The predicted octanol–water partition coefficient (Wildman–Crippen LogP) is 3.62. The van der Waals surface area contributed by atoms with Crippen LogP contribution >= 0.6 is 0 Å². The largest absolute Gasteiger partial charge is 0.314 e. The monoisotopic (exact) mass is 231 g/mol. The molecule has 2 unspecified atom stereocenters. The Hall–Kier alpha value is -0.820. The van der Waals surface area contributed by atoms with E-state index >= 15 is 0 Å². The number of aryl methyl sites for hydroxylation is 2. The molecule has 1 aromatic carbocycles. The number of rotatable bonds is 4. The number of hydrogen-bond acceptors (Lipinski definition) is 1. The predicted molar refractivity (Wildman–Crippen MR) is 74.4 cm³/mol. The highest BCUT2D eigenvalue weighted by Gasteiger charge is 2.24. The molecule has 2 rings (SSSR count). The Kier molecular flexibility index (Phi) is 4.22. The summed E-state index contributed by atoms with van der Waals surface area (Å²) in [5.74, 6) is 0.888. The van der Waals surface area contributed by atoms with Crippen molar-refractivity contribution >= 4 is 0 Å². The van der Waals surface area contributed by atoms with Gasteiger partial charge in [0.15, 0.2) is 0 Å². The number of nitrogens with one attached hydrogen (secondary N) is 1. The third-order valence-corrected chi connectivity index (χ3v) is 4.17. The van der Waals surface area contributed by atoms with Gasteiger partial charge < -0.3 is 5.32 Å². The summed E-state index contributed by atoms with van der Waals surface area (Å²) in [4.78, 5) is 0. The summed E-state index contributed by atoms with van der Waals surface area (Å²) < 4.78 is 0. The van der Waals surface area contributed by atoms with Gasteiger partial charge in [-0.2, -0.15) is 0 Å². The maximum absolute atomic E-state index is 3.59. The molecule has 0 bridgehead atoms. The first-order valence-electron chi connectivity index (χ1n) is 6.99. The molecule has 2 atom stereocenters. The fourth-order valence-corrected chi connectivity index (χ4v) is 3.19. The standard InChI is InChI=1S/C16H25N/c1-4-17-15-9-8-14(10-15)11-16-12(2)6-5-7-13(16)3/h5-7,14-15,17H,4,8-11H2,1-3H3. The van der Waals surface area contributed by atoms with Gasteiger partial charge in [-0.15, -0.1) is 0 Å². The van der Waals surface area contributed by atoms with Gasteiger partial charge in [0.1, 0.15) is 0 Å². The quantitative estimate of drug-likeness (QED) is 0.834. The van der Waals surface area contributed by atoms with Crippen LogP contribution in [0, 0.1) is 19.8 Å². The minimum atomic E-state index is 0.773. The highest BCUT2D eigenvalue weighted by Crippen LogP contribution is 2.30. The van der Waals surface area contributed by atoms with Gasteiger partial charge in [-0.1, -0.05) is 25.1 Å². The summed E-state index contributed by atoms with van der Waals surface area (Å²) >= 11 is 0. The summed E-state index contributed by atoms with van der Waals surface area (Å²) in [6.07, 6.45) is 5.40. The van der Waals surface area contributed by atoms with Crippen molar-refractivity contribution in [3.63, 3.8) is 0 Å². The van der Waals surface area contributed by atoms with Crippen molar-refractivity contribution < 1.29 is 0 Å². The van der Waals surface area contributed by atoms with Crippen molar-refractivity contribution in [2.45, 2.75) is 52.5 Å². The first-order valence-corrected chi connectivity index (χ1v) is 6.99. The van der Waals surface area contributed by atoms with E-state index in [-0.39, 0.29) is 0 Å². The fraction of sp³-hybridized carbons (Fsp3) is 0.625. The minimum absolute atomic E-state index is 0.773. The molecule has 1 aromatic rings. The first-order chi connectivity index (χ1) is 8.20. The lowest BCUT2D eigenvalue weighted by molar-refractivity contribution is 0.492. The molecular formula is C16H25N. The second-order valence-corrected chi connectivity index (χ2v) is 5.51. The van der Waals surface area contributed by atoms with Crippen molar-refractivity contribution in [3.8, 4) is 0 Å². The summed E-state index contributed by atoms with van der Waals surface area (Å²) in [5, 5.41) is 3.59. The fourth-order valence-electron chi connectivity index (χ4n) is 3.19. The van der Waals surface area contributed by atoms with Crippen LogP contribution in [-0.4, -0.2) is 12.6 Å². The Morgan fingerprint density at radius 1 is 1.18 bits per heavy atom. The SMILES string of the molecule is CCNC1CCC(Cc2c(C)cccc2C)C1. The number of benzene rings is 1. The smallest absolute Gasteiger partial charge is 0.00698 e. The summed E-state index contributed by atoms with van der Waals surface area (Å²) in [5.41, 5.74) is 4.53. The minimum Gasteiger partial charge on any atom is -0.314 e. The topological polar surface area (TPSA) is 12.0 Å². The van der Waals surface area contributed by atoms with Crippen LogP contribution in [0.3, 0.4) is 0 Å². The molecule has 0 aromatic heterocycles. The van der Waals surface area contributed by atoms with E-state index in [9.17, 15) is 0 Å². The van der Waals surface area contributed by atoms with E-state index in [0.29, 0.717) is 0 Å². The highest BCUT2D eigenvalue weighted by atomic mass is 14.9. The van der Waals surface area contributed by atoms with Crippen molar-refractivity contribution in [2.24, 2.45) is 5.92 Å². The highest BCUT2D eigenvalue weighted by molar-refractivity contribution is 5.33. The van der Waals surface area contributed by atoms with Crippen molar-refractivity contribution in [3.05, 3.63) is 34.9 Å². The maximum Gasteiger partial charge on any atom is 0.00698 e. The molecule has 1 N–H and O–H groups in total. The van der Waals surface area contributed by atoms with Gasteiger partial charge in [-0.3, -0.25) is 0 Å². The summed E-state index contributed by atoms with van der Waals surface area (Å²) in [6.45, 7) is 7.82. The Bertz CT molecular complexity index is 350. The third-order valence-electron chi connectivity index (χ3n) is 4.17. The molecule has 0 saturated heterocycles. The van der Waals surface area contributed by atoms with E-state index in [1.807, 2.05) is 0 Å². The molecule has 0 amide bonds. The van der Waals surface area contributed by atoms with Crippen molar-refractivity contribution in [2.75, 3.05) is 6.54 Å². The van der Waals surface area contributed by atoms with Gasteiger partial charge in [0.2, 0.25) is 0 Å². The van der Waals surface area contributed by atoms with Crippen LogP contribution in [0.4, 0.5) is 0 Å². The second kappa shape index (κ2) is 5.68. The average molecular weight is 231 g/mol. The van der Waals surface area contributed by atoms with E-state index in [2.05, 4.69) is 44.3 Å². The lowest BCUT2D eigenvalue weighted by atomic mass is 9.92. The van der Waals surface area contributed by atoms with Crippen LogP contribution < -0.4 is 5.32 Å². The van der Waals surface area contributed by atoms with Crippen LogP contribution in [0.1, 0.15) is 42.9 Å². The van der Waals surface area contributed by atoms with E-state index in [0.717, 1.165) is 18.5 Å². The Labute approximate surface area is 106 Å². The van der Waals surface area contributed by atoms with Gasteiger partial charge in [0.25, 0.3) is 0 Å². The zero-order valence-electron chi connectivity index (χ0n) is 11.4. The van der Waals surface area contributed by atoms with Crippen LogP contribution in [0.5, 0.6) is 0 Å². The van der Waals surface area contributed by atoms with Gasteiger partial charge in [-0.05, 0) is 68.7 Å². The lowest BCUT2D eigenvalue weighted by Gasteiger charge is -2.15. The second-order valence-electron chi connectivity index (χ2n) is 5.51. The molecule has 0 heterocycles.